The number of nitrogens with zero attached hydrogens (tertiary/aromatic N) is 2. The topological polar surface area (TPSA) is 47.6 Å². The maximum Gasteiger partial charge on any atom is 0.251 e. The van der Waals surface area contributed by atoms with Gasteiger partial charge in [0.05, 0.1) is 6.04 Å². The third-order valence-corrected chi connectivity index (χ3v) is 7.00. The van der Waals surface area contributed by atoms with Crippen molar-refractivity contribution in [3.63, 3.8) is 0 Å². The number of halogens is 1. The van der Waals surface area contributed by atoms with Crippen molar-refractivity contribution in [1.29, 1.82) is 0 Å². The zero-order valence-electron chi connectivity index (χ0n) is 18.1. The van der Waals surface area contributed by atoms with Crippen molar-refractivity contribution in [3.05, 3.63) is 77.1 Å². The van der Waals surface area contributed by atoms with Crippen molar-refractivity contribution in [2.75, 3.05) is 31.5 Å². The van der Waals surface area contributed by atoms with Crippen LogP contribution in [0.5, 0.6) is 0 Å². The van der Waals surface area contributed by atoms with Gasteiger partial charge in [-0.25, -0.2) is 3.11 Å². The number of nitrogens with one attached hydrogen (secondary N) is 2. The fourth-order valence-corrected chi connectivity index (χ4v) is 4.81. The summed E-state index contributed by atoms with van der Waals surface area (Å²) in [5.74, 6) is 1.19. The second kappa shape index (κ2) is 10.5. The number of fused-ring (bicyclic) bond motifs is 1. The first-order valence-corrected chi connectivity index (χ1v) is 12.2. The van der Waals surface area contributed by atoms with Crippen molar-refractivity contribution < 1.29 is 4.79 Å². The predicted octanol–water partition coefficient (Wildman–Crippen LogP) is 5.12. The van der Waals surface area contributed by atoms with E-state index in [1.54, 1.807) is 0 Å². The second-order valence-corrected chi connectivity index (χ2v) is 9.58. The van der Waals surface area contributed by atoms with Gasteiger partial charge in [0, 0.05) is 60.3 Å². The molecular formula is C25H31IN4O. The lowest BCUT2D eigenvalue weighted by Gasteiger charge is -2.35. The lowest BCUT2D eigenvalue weighted by atomic mass is 9.87. The number of carbonyl (C=O) groups is 1. The van der Waals surface area contributed by atoms with Crippen LogP contribution in [0.3, 0.4) is 0 Å². The maximum atomic E-state index is 12.8. The minimum Gasteiger partial charge on any atom is -0.356 e. The highest BCUT2D eigenvalue weighted by Gasteiger charge is 2.23. The molecule has 1 aliphatic carbocycles. The van der Waals surface area contributed by atoms with Gasteiger partial charge in [0.2, 0.25) is 0 Å². The van der Waals surface area contributed by atoms with Crippen LogP contribution in [0.4, 0.5) is 5.69 Å². The van der Waals surface area contributed by atoms with Crippen molar-refractivity contribution in [2.45, 2.75) is 38.6 Å². The highest BCUT2D eigenvalue weighted by molar-refractivity contribution is 14.1. The molecule has 2 aromatic carbocycles. The van der Waals surface area contributed by atoms with Crippen molar-refractivity contribution in [2.24, 2.45) is 0 Å². The van der Waals surface area contributed by atoms with E-state index in [0.717, 1.165) is 57.5 Å². The Morgan fingerprint density at radius 2 is 1.90 bits per heavy atom. The quantitative estimate of drug-likeness (QED) is 0.402. The van der Waals surface area contributed by atoms with Crippen LogP contribution in [0.2, 0.25) is 0 Å². The Labute approximate surface area is 199 Å². The molecule has 0 saturated carbocycles. The van der Waals surface area contributed by atoms with Crippen molar-refractivity contribution >= 4 is 34.5 Å². The summed E-state index contributed by atoms with van der Waals surface area (Å²) < 4.78 is 2.34. The standard InChI is InChI=1S/C25H31IN4O/c1-2-7-24(29-14-16-30(26)17-15-29)27-21-13-12-19-10-6-11-23(22(19)18-21)28-25(31)20-8-4-3-5-9-20/h3-5,7-9,12-13,18,23,27H,2,6,10-11,14-17H2,1H3,(H,28,31)/t23-/m1/s1. The molecule has 1 fully saturated rings. The van der Waals surface area contributed by atoms with Gasteiger partial charge in [-0.15, -0.1) is 0 Å². The zero-order valence-corrected chi connectivity index (χ0v) is 20.3. The molecule has 1 aliphatic heterocycles. The van der Waals surface area contributed by atoms with Crippen LogP contribution in [0.15, 0.2) is 60.4 Å². The van der Waals surface area contributed by atoms with E-state index in [9.17, 15) is 4.79 Å². The molecule has 5 nitrogen and oxygen atoms in total. The normalized spacial score (nSPS) is 19.6. The lowest BCUT2D eigenvalue weighted by Crippen LogP contribution is -2.43. The lowest BCUT2D eigenvalue weighted by molar-refractivity contribution is 0.0932. The van der Waals surface area contributed by atoms with E-state index in [2.05, 4.69) is 72.7 Å². The molecule has 1 heterocycles. The summed E-state index contributed by atoms with van der Waals surface area (Å²) in [6, 6.07) is 16.2. The molecule has 2 aromatic rings. The molecule has 1 atom stereocenters. The minimum atomic E-state index is 0.0000461. The first-order valence-electron chi connectivity index (χ1n) is 11.3. The fourth-order valence-electron chi connectivity index (χ4n) is 4.38. The molecule has 1 saturated heterocycles. The number of hydrogen-bond acceptors (Lipinski definition) is 4. The number of hydrogen-bond donors (Lipinski definition) is 2. The van der Waals surface area contributed by atoms with Crippen LogP contribution >= 0.6 is 22.9 Å². The number of amides is 1. The van der Waals surface area contributed by atoms with E-state index in [1.807, 2.05) is 30.3 Å². The molecule has 6 heteroatoms. The number of allylic oxidation sites excluding steroid dienone is 1. The molecule has 0 radical (unpaired) electrons. The highest BCUT2D eigenvalue weighted by atomic mass is 127. The Kier molecular flexibility index (Phi) is 7.50. The molecule has 2 aliphatic rings. The Balaban J connectivity index is 1.51. The number of carbonyl (C=O) groups excluding carboxylic acids is 1. The third-order valence-electron chi connectivity index (χ3n) is 6.04. The van der Waals surface area contributed by atoms with Crippen LogP contribution in [-0.2, 0) is 6.42 Å². The number of aryl methyl sites for hydroxylation is 1. The molecule has 31 heavy (non-hydrogen) atoms. The average molecular weight is 530 g/mol. The molecule has 164 valence electrons. The van der Waals surface area contributed by atoms with Crippen LogP contribution < -0.4 is 10.6 Å². The van der Waals surface area contributed by atoms with Crippen LogP contribution in [0.25, 0.3) is 0 Å². The smallest absolute Gasteiger partial charge is 0.251 e. The first-order chi connectivity index (χ1) is 15.1. The van der Waals surface area contributed by atoms with Crippen LogP contribution in [0.1, 0.15) is 53.7 Å². The maximum absolute atomic E-state index is 12.8. The van der Waals surface area contributed by atoms with Gasteiger partial charge >= 0.3 is 0 Å². The number of rotatable bonds is 6. The van der Waals surface area contributed by atoms with Gasteiger partial charge in [0.1, 0.15) is 5.82 Å². The Bertz CT molecular complexity index is 922. The van der Waals surface area contributed by atoms with Gasteiger partial charge in [-0.1, -0.05) is 31.2 Å². The van der Waals surface area contributed by atoms with E-state index in [4.69, 9.17) is 0 Å². The summed E-state index contributed by atoms with van der Waals surface area (Å²) in [6.07, 6.45) is 6.42. The number of anilines is 1. The van der Waals surface area contributed by atoms with Crippen LogP contribution in [-0.4, -0.2) is 40.1 Å². The van der Waals surface area contributed by atoms with E-state index >= 15 is 0 Å². The van der Waals surface area contributed by atoms with Gasteiger partial charge in [-0.2, -0.15) is 0 Å². The van der Waals surface area contributed by atoms with Crippen molar-refractivity contribution in [1.82, 2.24) is 13.3 Å². The summed E-state index contributed by atoms with van der Waals surface area (Å²) in [7, 11) is 0. The third kappa shape index (κ3) is 5.60. The molecule has 0 aromatic heterocycles. The Morgan fingerprint density at radius 1 is 1.13 bits per heavy atom. The van der Waals surface area contributed by atoms with Crippen LogP contribution in [0, 0.1) is 0 Å². The molecule has 0 spiro atoms. The monoisotopic (exact) mass is 530 g/mol. The Morgan fingerprint density at radius 3 is 2.65 bits per heavy atom. The molecule has 0 unspecified atom stereocenters. The highest BCUT2D eigenvalue weighted by Crippen LogP contribution is 2.32. The molecule has 1 amide bonds. The van der Waals surface area contributed by atoms with Gasteiger partial charge in [-0.05, 0) is 67.2 Å². The second-order valence-electron chi connectivity index (χ2n) is 8.22. The summed E-state index contributed by atoms with van der Waals surface area (Å²) in [4.78, 5) is 15.2. The van der Waals surface area contributed by atoms with E-state index in [0.29, 0.717) is 5.56 Å². The SMILES string of the molecule is CCC=C(Nc1ccc2c(c1)[C@H](NC(=O)c1ccccc1)CCC2)N1CCN(I)CC1. The van der Waals surface area contributed by atoms with Gasteiger partial charge in [0.25, 0.3) is 5.91 Å². The largest absolute Gasteiger partial charge is 0.356 e. The summed E-state index contributed by atoms with van der Waals surface area (Å²) >= 11 is 2.41. The van der Waals surface area contributed by atoms with Crippen molar-refractivity contribution in [3.8, 4) is 0 Å². The van der Waals surface area contributed by atoms with E-state index in [-0.39, 0.29) is 11.9 Å². The predicted molar refractivity (Wildman–Crippen MR) is 135 cm³/mol. The van der Waals surface area contributed by atoms with Gasteiger partial charge in [0.15, 0.2) is 0 Å². The fraction of sp³-hybridized carbons (Fsp3) is 0.400. The minimum absolute atomic E-state index is 0.0000461. The number of piperazine rings is 1. The molecular weight excluding hydrogens is 499 g/mol. The first kappa shape index (κ1) is 22.1. The van der Waals surface area contributed by atoms with E-state index in [1.165, 1.54) is 16.9 Å². The molecule has 2 N–H and O–H groups in total. The molecule has 0 bridgehead atoms. The molecule has 4 rings (SSSR count). The number of benzene rings is 2. The van der Waals surface area contributed by atoms with Gasteiger partial charge < -0.3 is 15.5 Å². The summed E-state index contributed by atoms with van der Waals surface area (Å²) in [6.45, 7) is 6.38. The van der Waals surface area contributed by atoms with Gasteiger partial charge in [-0.3, -0.25) is 4.79 Å². The summed E-state index contributed by atoms with van der Waals surface area (Å²) in [5, 5.41) is 6.94. The Hall–Kier alpha value is -2.06. The summed E-state index contributed by atoms with van der Waals surface area (Å²) in [5.41, 5.74) is 4.39. The van der Waals surface area contributed by atoms with E-state index < -0.39 is 0 Å². The zero-order chi connectivity index (χ0) is 21.6. The average Bonchev–Trinajstić information content (AvgIpc) is 2.80.